The second kappa shape index (κ2) is 5.56. The van der Waals surface area contributed by atoms with Crippen molar-refractivity contribution in [2.24, 2.45) is 0 Å². The molecule has 1 fully saturated rings. The van der Waals surface area contributed by atoms with E-state index >= 15 is 0 Å². The lowest BCUT2D eigenvalue weighted by Crippen LogP contribution is -2.39. The number of hydrogen-bond donors (Lipinski definition) is 1. The summed E-state index contributed by atoms with van der Waals surface area (Å²) in [6.45, 7) is 1.03. The Hall–Kier alpha value is -0.630. The highest BCUT2D eigenvalue weighted by Crippen LogP contribution is 2.18. The van der Waals surface area contributed by atoms with E-state index in [4.69, 9.17) is 23.2 Å². The summed E-state index contributed by atoms with van der Waals surface area (Å²) in [5.74, 6) is 0.0746. The van der Waals surface area contributed by atoms with E-state index in [1.807, 2.05) is 0 Å². The monoisotopic (exact) mass is 310 g/mol. The number of aromatic nitrogens is 2. The number of rotatable bonds is 3. The fourth-order valence-electron chi connectivity index (χ4n) is 1.74. The van der Waals surface area contributed by atoms with Gasteiger partial charge in [-0.2, -0.15) is 17.7 Å². The molecule has 100 valence electrons. The Kier molecular flexibility index (Phi) is 4.26. The molecule has 1 aliphatic heterocycles. The predicted molar refractivity (Wildman–Crippen MR) is 70.0 cm³/mol. The number of halogens is 2. The van der Waals surface area contributed by atoms with E-state index in [2.05, 4.69) is 14.7 Å². The number of anilines is 1. The normalized spacial score (nSPS) is 17.7. The van der Waals surface area contributed by atoms with Gasteiger partial charge < -0.3 is 0 Å². The van der Waals surface area contributed by atoms with Crippen LogP contribution in [0.2, 0.25) is 10.4 Å². The van der Waals surface area contributed by atoms with Gasteiger partial charge in [-0.25, -0.2) is 4.98 Å². The first-order chi connectivity index (χ1) is 8.47. The summed E-state index contributed by atoms with van der Waals surface area (Å²) in [5, 5.41) is -0.00908. The van der Waals surface area contributed by atoms with Crippen molar-refractivity contribution in [3.8, 4) is 0 Å². The van der Waals surface area contributed by atoms with E-state index in [-0.39, 0.29) is 16.3 Å². The van der Waals surface area contributed by atoms with Gasteiger partial charge in [-0.1, -0.05) is 18.0 Å². The minimum Gasteiger partial charge on any atom is -0.254 e. The Morgan fingerprint density at radius 3 is 2.44 bits per heavy atom. The van der Waals surface area contributed by atoms with Crippen LogP contribution in [0.25, 0.3) is 0 Å². The second-order valence-electron chi connectivity index (χ2n) is 3.91. The molecule has 0 atom stereocenters. The van der Waals surface area contributed by atoms with Crippen LogP contribution in [0.1, 0.15) is 19.3 Å². The molecule has 1 saturated heterocycles. The van der Waals surface area contributed by atoms with Gasteiger partial charge in [0.2, 0.25) is 5.28 Å². The van der Waals surface area contributed by atoms with Gasteiger partial charge in [0, 0.05) is 19.2 Å². The largest absolute Gasteiger partial charge is 0.302 e. The molecule has 0 saturated carbocycles. The van der Waals surface area contributed by atoms with Crippen molar-refractivity contribution in [3.05, 3.63) is 16.5 Å². The fourth-order valence-corrected chi connectivity index (χ4v) is 3.39. The molecular formula is C9H12Cl2N4O2S. The van der Waals surface area contributed by atoms with Crippen LogP contribution < -0.4 is 4.72 Å². The average Bonchev–Trinajstić information content (AvgIpc) is 2.28. The van der Waals surface area contributed by atoms with Crippen LogP contribution in [0.15, 0.2) is 6.07 Å². The van der Waals surface area contributed by atoms with Crippen molar-refractivity contribution < 1.29 is 8.42 Å². The molecule has 9 heteroatoms. The topological polar surface area (TPSA) is 75.2 Å². The van der Waals surface area contributed by atoms with Crippen LogP contribution >= 0.6 is 23.2 Å². The van der Waals surface area contributed by atoms with Crippen LogP contribution in [-0.4, -0.2) is 35.8 Å². The first kappa shape index (κ1) is 13.8. The number of nitrogens with one attached hydrogen (secondary N) is 1. The summed E-state index contributed by atoms with van der Waals surface area (Å²) in [6.07, 6.45) is 2.79. The van der Waals surface area contributed by atoms with Crippen LogP contribution in [-0.2, 0) is 10.2 Å². The van der Waals surface area contributed by atoms with Gasteiger partial charge in [-0.3, -0.25) is 4.72 Å². The third-order valence-electron chi connectivity index (χ3n) is 2.56. The van der Waals surface area contributed by atoms with Crippen molar-refractivity contribution in [3.63, 3.8) is 0 Å². The molecule has 0 amide bonds. The maximum atomic E-state index is 12.0. The summed E-state index contributed by atoms with van der Waals surface area (Å²) < 4.78 is 27.8. The minimum absolute atomic E-state index is 0.0746. The van der Waals surface area contributed by atoms with Crippen molar-refractivity contribution in [2.45, 2.75) is 19.3 Å². The molecule has 6 nitrogen and oxygen atoms in total. The quantitative estimate of drug-likeness (QED) is 0.683. The zero-order chi connectivity index (χ0) is 13.2. The molecule has 1 aliphatic rings. The zero-order valence-electron chi connectivity index (χ0n) is 9.44. The van der Waals surface area contributed by atoms with Crippen molar-refractivity contribution >= 4 is 39.2 Å². The van der Waals surface area contributed by atoms with Gasteiger partial charge in [0.25, 0.3) is 0 Å². The lowest BCUT2D eigenvalue weighted by Gasteiger charge is -2.25. The molecule has 1 aromatic heterocycles. The van der Waals surface area contributed by atoms with Crippen LogP contribution in [0.5, 0.6) is 0 Å². The number of hydrogen-bond acceptors (Lipinski definition) is 4. The molecule has 0 bridgehead atoms. The van der Waals surface area contributed by atoms with Gasteiger partial charge in [-0.05, 0) is 24.4 Å². The van der Waals surface area contributed by atoms with Gasteiger partial charge in [0.15, 0.2) is 0 Å². The summed E-state index contributed by atoms with van der Waals surface area (Å²) in [4.78, 5) is 7.42. The molecule has 2 heterocycles. The van der Waals surface area contributed by atoms with Gasteiger partial charge in [0.1, 0.15) is 11.0 Å². The highest BCUT2D eigenvalue weighted by Gasteiger charge is 2.24. The summed E-state index contributed by atoms with van der Waals surface area (Å²) >= 11 is 11.3. The first-order valence-electron chi connectivity index (χ1n) is 5.45. The Morgan fingerprint density at radius 2 is 1.83 bits per heavy atom. The number of piperidine rings is 1. The van der Waals surface area contributed by atoms with Crippen LogP contribution in [0.4, 0.5) is 5.82 Å². The first-order valence-corrected chi connectivity index (χ1v) is 7.65. The third-order valence-corrected chi connectivity index (χ3v) is 4.43. The lowest BCUT2D eigenvalue weighted by molar-refractivity contribution is 0.349. The Morgan fingerprint density at radius 1 is 1.17 bits per heavy atom. The van der Waals surface area contributed by atoms with Crippen molar-refractivity contribution in [1.29, 1.82) is 0 Å². The Labute approximate surface area is 116 Å². The highest BCUT2D eigenvalue weighted by molar-refractivity contribution is 7.90. The molecule has 0 spiro atoms. The molecule has 0 aliphatic carbocycles. The van der Waals surface area contributed by atoms with Gasteiger partial charge in [-0.15, -0.1) is 0 Å². The SMILES string of the molecule is O=S(=O)(Nc1cc(Cl)nc(Cl)n1)N1CCCCC1. The van der Waals surface area contributed by atoms with Gasteiger partial charge >= 0.3 is 10.2 Å². The maximum Gasteiger partial charge on any atom is 0.302 e. The van der Waals surface area contributed by atoms with E-state index in [1.54, 1.807) is 0 Å². The summed E-state index contributed by atoms with van der Waals surface area (Å²) in [7, 11) is -3.59. The van der Waals surface area contributed by atoms with Crippen LogP contribution in [0.3, 0.4) is 0 Å². The Balaban J connectivity index is 2.16. The average molecular weight is 311 g/mol. The second-order valence-corrected chi connectivity index (χ2v) is 6.31. The van der Waals surface area contributed by atoms with E-state index in [0.717, 1.165) is 19.3 Å². The van der Waals surface area contributed by atoms with E-state index in [1.165, 1.54) is 10.4 Å². The molecule has 0 unspecified atom stereocenters. The smallest absolute Gasteiger partial charge is 0.254 e. The van der Waals surface area contributed by atoms with Gasteiger partial charge in [0.05, 0.1) is 0 Å². The molecular weight excluding hydrogens is 299 g/mol. The van der Waals surface area contributed by atoms with Crippen molar-refractivity contribution in [2.75, 3.05) is 17.8 Å². The van der Waals surface area contributed by atoms with E-state index in [9.17, 15) is 8.42 Å². The van der Waals surface area contributed by atoms with Crippen molar-refractivity contribution in [1.82, 2.24) is 14.3 Å². The van der Waals surface area contributed by atoms with E-state index < -0.39 is 10.2 Å². The summed E-state index contributed by atoms with van der Waals surface area (Å²) in [5.41, 5.74) is 0. The third kappa shape index (κ3) is 3.44. The molecule has 0 aromatic carbocycles. The fraction of sp³-hybridized carbons (Fsp3) is 0.556. The lowest BCUT2D eigenvalue weighted by atomic mass is 10.2. The predicted octanol–water partition coefficient (Wildman–Crippen LogP) is 1.93. The van der Waals surface area contributed by atoms with E-state index in [0.29, 0.717) is 13.1 Å². The number of nitrogens with zero attached hydrogens (tertiary/aromatic N) is 3. The Bertz CT molecular complexity index is 511. The molecule has 18 heavy (non-hydrogen) atoms. The molecule has 2 rings (SSSR count). The summed E-state index contributed by atoms with van der Waals surface area (Å²) in [6, 6.07) is 1.31. The minimum atomic E-state index is -3.59. The van der Waals surface area contributed by atoms with Crippen LogP contribution in [0, 0.1) is 0 Å². The highest BCUT2D eigenvalue weighted by atomic mass is 35.5. The zero-order valence-corrected chi connectivity index (χ0v) is 11.8. The standard InChI is InChI=1S/C9H12Cl2N4O2S/c10-7-6-8(13-9(11)12-7)14-18(16,17)15-4-2-1-3-5-15/h6H,1-5H2,(H,12,13,14). The molecule has 0 radical (unpaired) electrons. The molecule has 1 N–H and O–H groups in total. The molecule has 1 aromatic rings. The maximum absolute atomic E-state index is 12.0.